The fourth-order valence-electron chi connectivity index (χ4n) is 2.56. The van der Waals surface area contributed by atoms with Crippen molar-refractivity contribution in [3.63, 3.8) is 0 Å². The van der Waals surface area contributed by atoms with E-state index in [1.807, 2.05) is 18.3 Å². The Balaban J connectivity index is 1.54. The molecule has 0 aromatic heterocycles. The summed E-state index contributed by atoms with van der Waals surface area (Å²) in [4.78, 5) is 3.65. The lowest BCUT2D eigenvalue weighted by atomic mass is 10.2. The third kappa shape index (κ3) is 4.43. The highest BCUT2D eigenvalue weighted by molar-refractivity contribution is 7.98. The molecule has 0 spiro atoms. The maximum Gasteiger partial charge on any atom is 0.0542 e. The molecule has 1 aliphatic rings. The molecule has 0 aliphatic carbocycles. The summed E-state index contributed by atoms with van der Waals surface area (Å²) in [6.07, 6.45) is 4.03. The second kappa shape index (κ2) is 7.75. The van der Waals surface area contributed by atoms with Crippen LogP contribution in [0.25, 0.3) is 0 Å². The standard InChI is InChI=1S/C18H20ClN3S/c1-23-18-8-2-15(3-9-18)14-20-22-12-10-21(11-13-22)17-6-4-16(19)5-7-17/h2-9,14H,10-13H2,1H3/b20-14+. The van der Waals surface area contributed by atoms with E-state index in [0.29, 0.717) is 0 Å². The average molecular weight is 346 g/mol. The van der Waals surface area contributed by atoms with Crippen molar-refractivity contribution >= 4 is 35.3 Å². The number of hydrogen-bond acceptors (Lipinski definition) is 4. The van der Waals surface area contributed by atoms with E-state index in [0.717, 1.165) is 36.8 Å². The number of halogens is 1. The van der Waals surface area contributed by atoms with Crippen molar-refractivity contribution < 1.29 is 0 Å². The summed E-state index contributed by atoms with van der Waals surface area (Å²) in [5.41, 5.74) is 2.37. The van der Waals surface area contributed by atoms with Gasteiger partial charge >= 0.3 is 0 Å². The zero-order valence-corrected chi connectivity index (χ0v) is 14.7. The van der Waals surface area contributed by atoms with Gasteiger partial charge < -0.3 is 4.90 Å². The number of thioether (sulfide) groups is 1. The minimum atomic E-state index is 0.782. The number of nitrogens with zero attached hydrogens (tertiary/aromatic N) is 3. The lowest BCUT2D eigenvalue weighted by Gasteiger charge is -2.34. The first-order chi connectivity index (χ1) is 11.2. The molecule has 1 saturated heterocycles. The molecule has 3 rings (SSSR count). The van der Waals surface area contributed by atoms with Gasteiger partial charge in [-0.05, 0) is 48.2 Å². The van der Waals surface area contributed by atoms with Crippen molar-refractivity contribution in [3.05, 3.63) is 59.1 Å². The van der Waals surface area contributed by atoms with Gasteiger partial charge in [0, 0.05) is 28.7 Å². The number of hydrazone groups is 1. The maximum atomic E-state index is 5.95. The van der Waals surface area contributed by atoms with Crippen molar-refractivity contribution in [2.75, 3.05) is 37.3 Å². The minimum Gasteiger partial charge on any atom is -0.368 e. The number of piperazine rings is 1. The van der Waals surface area contributed by atoms with Crippen molar-refractivity contribution in [3.8, 4) is 0 Å². The molecule has 120 valence electrons. The summed E-state index contributed by atoms with van der Waals surface area (Å²) in [6.45, 7) is 3.82. The predicted molar refractivity (Wildman–Crippen MR) is 101 cm³/mol. The summed E-state index contributed by atoms with van der Waals surface area (Å²) in [5, 5.41) is 7.52. The van der Waals surface area contributed by atoms with Gasteiger partial charge in [-0.1, -0.05) is 23.7 Å². The smallest absolute Gasteiger partial charge is 0.0542 e. The van der Waals surface area contributed by atoms with Crippen LogP contribution < -0.4 is 4.90 Å². The van der Waals surface area contributed by atoms with Crippen LogP contribution in [0.3, 0.4) is 0 Å². The Kier molecular flexibility index (Phi) is 5.47. The number of anilines is 1. The van der Waals surface area contributed by atoms with E-state index in [1.54, 1.807) is 11.8 Å². The van der Waals surface area contributed by atoms with Crippen LogP contribution in [0.4, 0.5) is 5.69 Å². The fourth-order valence-corrected chi connectivity index (χ4v) is 3.09. The minimum absolute atomic E-state index is 0.782. The van der Waals surface area contributed by atoms with E-state index in [-0.39, 0.29) is 0 Å². The maximum absolute atomic E-state index is 5.95. The highest BCUT2D eigenvalue weighted by Crippen LogP contribution is 2.19. The first-order valence-electron chi connectivity index (χ1n) is 7.68. The monoisotopic (exact) mass is 345 g/mol. The van der Waals surface area contributed by atoms with Crippen molar-refractivity contribution in [1.29, 1.82) is 0 Å². The second-order valence-corrected chi connectivity index (χ2v) is 6.75. The van der Waals surface area contributed by atoms with Gasteiger partial charge in [-0.15, -0.1) is 11.8 Å². The molecule has 5 heteroatoms. The Morgan fingerprint density at radius 3 is 2.22 bits per heavy atom. The SMILES string of the molecule is CSc1ccc(/C=N/N2CCN(c3ccc(Cl)cc3)CC2)cc1. The van der Waals surface area contributed by atoms with Crippen LogP contribution in [0.5, 0.6) is 0 Å². The lowest BCUT2D eigenvalue weighted by molar-refractivity contribution is 0.272. The first kappa shape index (κ1) is 16.2. The van der Waals surface area contributed by atoms with Crippen LogP contribution in [0.2, 0.25) is 5.02 Å². The molecule has 0 unspecified atom stereocenters. The molecule has 23 heavy (non-hydrogen) atoms. The van der Waals surface area contributed by atoms with E-state index in [1.165, 1.54) is 10.6 Å². The van der Waals surface area contributed by atoms with Crippen molar-refractivity contribution in [1.82, 2.24) is 5.01 Å². The molecule has 0 amide bonds. The topological polar surface area (TPSA) is 18.8 Å². The van der Waals surface area contributed by atoms with Gasteiger partial charge in [0.15, 0.2) is 0 Å². The third-order valence-corrected chi connectivity index (χ3v) is 4.93. The van der Waals surface area contributed by atoms with Gasteiger partial charge in [-0.2, -0.15) is 5.10 Å². The van der Waals surface area contributed by atoms with Crippen LogP contribution in [-0.2, 0) is 0 Å². The Labute approximate surface area is 146 Å². The molecule has 0 bridgehead atoms. The summed E-state index contributed by atoms with van der Waals surface area (Å²) >= 11 is 7.70. The van der Waals surface area contributed by atoms with Gasteiger partial charge in [0.25, 0.3) is 0 Å². The predicted octanol–water partition coefficient (Wildman–Crippen LogP) is 4.22. The first-order valence-corrected chi connectivity index (χ1v) is 9.28. The van der Waals surface area contributed by atoms with E-state index in [2.05, 4.69) is 57.7 Å². The molecular formula is C18H20ClN3S. The lowest BCUT2D eigenvalue weighted by Crippen LogP contribution is -2.44. The molecule has 0 saturated carbocycles. The van der Waals surface area contributed by atoms with Crippen LogP contribution >= 0.6 is 23.4 Å². The molecule has 1 heterocycles. The van der Waals surface area contributed by atoms with Gasteiger partial charge in [-0.3, -0.25) is 5.01 Å². The summed E-state index contributed by atoms with van der Waals surface area (Å²) in [6, 6.07) is 16.5. The molecular weight excluding hydrogens is 326 g/mol. The zero-order chi connectivity index (χ0) is 16.1. The fraction of sp³-hybridized carbons (Fsp3) is 0.278. The molecule has 2 aromatic rings. The zero-order valence-electron chi connectivity index (χ0n) is 13.2. The van der Waals surface area contributed by atoms with Crippen LogP contribution in [0.15, 0.2) is 58.5 Å². The van der Waals surface area contributed by atoms with Gasteiger partial charge in [0.1, 0.15) is 0 Å². The van der Waals surface area contributed by atoms with Crippen molar-refractivity contribution in [2.45, 2.75) is 4.90 Å². The van der Waals surface area contributed by atoms with E-state index in [4.69, 9.17) is 11.6 Å². The highest BCUT2D eigenvalue weighted by Gasteiger charge is 2.15. The van der Waals surface area contributed by atoms with E-state index >= 15 is 0 Å². The Morgan fingerprint density at radius 1 is 0.957 bits per heavy atom. The Hall–Kier alpha value is -1.65. The van der Waals surface area contributed by atoms with Gasteiger partial charge in [-0.25, -0.2) is 0 Å². The summed E-state index contributed by atoms with van der Waals surface area (Å²) in [5.74, 6) is 0. The van der Waals surface area contributed by atoms with E-state index < -0.39 is 0 Å². The molecule has 3 nitrogen and oxygen atoms in total. The molecule has 1 fully saturated rings. The molecule has 2 aromatic carbocycles. The van der Waals surface area contributed by atoms with E-state index in [9.17, 15) is 0 Å². The molecule has 1 aliphatic heterocycles. The van der Waals surface area contributed by atoms with Gasteiger partial charge in [0.2, 0.25) is 0 Å². The number of hydrogen-bond donors (Lipinski definition) is 0. The largest absolute Gasteiger partial charge is 0.368 e. The van der Waals surface area contributed by atoms with Crippen LogP contribution in [-0.4, -0.2) is 43.7 Å². The summed E-state index contributed by atoms with van der Waals surface area (Å²) < 4.78 is 0. The molecule has 0 radical (unpaired) electrons. The number of rotatable bonds is 4. The highest BCUT2D eigenvalue weighted by atomic mass is 35.5. The molecule has 0 atom stereocenters. The van der Waals surface area contributed by atoms with Crippen LogP contribution in [0.1, 0.15) is 5.56 Å². The molecule has 0 N–H and O–H groups in total. The average Bonchev–Trinajstić information content (AvgIpc) is 2.61. The van der Waals surface area contributed by atoms with Gasteiger partial charge in [0.05, 0.1) is 19.3 Å². The number of benzene rings is 2. The third-order valence-electron chi connectivity index (χ3n) is 3.93. The normalized spacial score (nSPS) is 15.4. The Bertz CT molecular complexity index is 647. The van der Waals surface area contributed by atoms with Crippen LogP contribution in [0, 0.1) is 0 Å². The Morgan fingerprint density at radius 2 is 1.61 bits per heavy atom. The quantitative estimate of drug-likeness (QED) is 0.610. The second-order valence-electron chi connectivity index (χ2n) is 5.43. The van der Waals surface area contributed by atoms with Crippen molar-refractivity contribution in [2.24, 2.45) is 5.10 Å². The summed E-state index contributed by atoms with van der Waals surface area (Å²) in [7, 11) is 0.